The third-order valence-corrected chi connectivity index (χ3v) is 5.15. The number of thioether (sulfide) groups is 1. The summed E-state index contributed by atoms with van der Waals surface area (Å²) in [7, 11) is 2.05. The smallest absolute Gasteiger partial charge is 0.0987 e. The second kappa shape index (κ2) is 6.24. The second-order valence-electron chi connectivity index (χ2n) is 5.93. The van der Waals surface area contributed by atoms with E-state index in [0.717, 1.165) is 24.0 Å². The average Bonchev–Trinajstić information content (AvgIpc) is 3.22. The number of rotatable bonds is 6. The lowest BCUT2D eigenvalue weighted by Crippen LogP contribution is -2.16. The van der Waals surface area contributed by atoms with E-state index in [9.17, 15) is 0 Å². The molecule has 0 atom stereocenters. The van der Waals surface area contributed by atoms with E-state index in [-0.39, 0.29) is 0 Å². The van der Waals surface area contributed by atoms with Crippen LogP contribution in [0.3, 0.4) is 0 Å². The van der Waals surface area contributed by atoms with E-state index in [4.69, 9.17) is 0 Å². The maximum atomic E-state index is 4.60. The van der Waals surface area contributed by atoms with Crippen LogP contribution in [0.5, 0.6) is 0 Å². The Kier molecular flexibility index (Phi) is 4.36. The van der Waals surface area contributed by atoms with Crippen LogP contribution in [0.2, 0.25) is 0 Å². The highest BCUT2D eigenvalue weighted by Crippen LogP contribution is 2.29. The summed E-state index contributed by atoms with van der Waals surface area (Å²) in [6.07, 6.45) is 2.65. The SMILES string of the molecule is Cc1cccc(CSc2c(CNC3CC3)c(C)nn2C)c1. The van der Waals surface area contributed by atoms with Crippen LogP contribution in [0.4, 0.5) is 0 Å². The third kappa shape index (κ3) is 3.69. The summed E-state index contributed by atoms with van der Waals surface area (Å²) in [6, 6.07) is 9.48. The van der Waals surface area contributed by atoms with Crippen molar-refractivity contribution in [2.45, 2.75) is 50.1 Å². The molecule has 0 radical (unpaired) electrons. The molecule has 4 heteroatoms. The Labute approximate surface area is 131 Å². The predicted molar refractivity (Wildman–Crippen MR) is 88.5 cm³/mol. The molecular formula is C17H23N3S. The molecule has 0 spiro atoms. The van der Waals surface area contributed by atoms with Crippen LogP contribution in [0.25, 0.3) is 0 Å². The minimum absolute atomic E-state index is 0.735. The van der Waals surface area contributed by atoms with Gasteiger partial charge in [-0.1, -0.05) is 29.8 Å². The summed E-state index contributed by atoms with van der Waals surface area (Å²) in [5, 5.41) is 9.50. The van der Waals surface area contributed by atoms with E-state index in [0.29, 0.717) is 0 Å². The molecule has 1 fully saturated rings. The first-order chi connectivity index (χ1) is 10.1. The van der Waals surface area contributed by atoms with Crippen molar-refractivity contribution >= 4 is 11.8 Å². The molecule has 1 N–H and O–H groups in total. The van der Waals surface area contributed by atoms with Crippen LogP contribution in [0, 0.1) is 13.8 Å². The van der Waals surface area contributed by atoms with Crippen molar-refractivity contribution in [1.29, 1.82) is 0 Å². The molecule has 1 aliphatic rings. The summed E-state index contributed by atoms with van der Waals surface area (Å²) in [5.41, 5.74) is 5.21. The van der Waals surface area contributed by atoms with Gasteiger partial charge in [-0.05, 0) is 32.3 Å². The van der Waals surface area contributed by atoms with Crippen LogP contribution < -0.4 is 5.32 Å². The standard InChI is InChI=1S/C17H23N3S/c1-12-5-4-6-14(9-12)11-21-17-16(10-18-15-7-8-15)13(2)19-20(17)3/h4-6,9,15,18H,7-8,10-11H2,1-3H3. The Bertz CT molecular complexity index is 629. The zero-order valence-corrected chi connectivity index (χ0v) is 13.8. The number of nitrogens with one attached hydrogen (secondary N) is 1. The molecule has 0 aliphatic heterocycles. The second-order valence-corrected chi connectivity index (χ2v) is 6.89. The minimum atomic E-state index is 0.735. The molecule has 0 bridgehead atoms. The number of hydrogen-bond acceptors (Lipinski definition) is 3. The van der Waals surface area contributed by atoms with Crippen molar-refractivity contribution < 1.29 is 0 Å². The molecule has 1 saturated carbocycles. The van der Waals surface area contributed by atoms with E-state index in [1.807, 2.05) is 23.5 Å². The van der Waals surface area contributed by atoms with Crippen molar-refractivity contribution in [2.24, 2.45) is 7.05 Å². The maximum Gasteiger partial charge on any atom is 0.0987 e. The highest BCUT2D eigenvalue weighted by molar-refractivity contribution is 7.98. The Morgan fingerprint density at radius 1 is 1.33 bits per heavy atom. The lowest BCUT2D eigenvalue weighted by molar-refractivity contribution is 0.658. The van der Waals surface area contributed by atoms with Crippen molar-refractivity contribution in [1.82, 2.24) is 15.1 Å². The Morgan fingerprint density at radius 2 is 2.14 bits per heavy atom. The number of aromatic nitrogens is 2. The number of nitrogens with zero attached hydrogens (tertiary/aromatic N) is 2. The summed E-state index contributed by atoms with van der Waals surface area (Å²) >= 11 is 1.89. The van der Waals surface area contributed by atoms with Gasteiger partial charge in [-0.15, -0.1) is 11.8 Å². The Hall–Kier alpha value is -1.26. The molecule has 3 rings (SSSR count). The predicted octanol–water partition coefficient (Wildman–Crippen LogP) is 3.58. The summed E-state index contributed by atoms with van der Waals surface area (Å²) < 4.78 is 2.03. The van der Waals surface area contributed by atoms with E-state index >= 15 is 0 Å². The highest BCUT2D eigenvalue weighted by Gasteiger charge is 2.22. The van der Waals surface area contributed by atoms with Crippen LogP contribution in [-0.4, -0.2) is 15.8 Å². The van der Waals surface area contributed by atoms with E-state index in [2.05, 4.69) is 48.5 Å². The monoisotopic (exact) mass is 301 g/mol. The molecule has 0 amide bonds. The van der Waals surface area contributed by atoms with Crippen molar-refractivity contribution in [3.05, 3.63) is 46.6 Å². The first-order valence-corrected chi connectivity index (χ1v) is 8.56. The van der Waals surface area contributed by atoms with Crippen molar-refractivity contribution in [3.63, 3.8) is 0 Å². The fourth-order valence-corrected chi connectivity index (χ4v) is 3.66. The quantitative estimate of drug-likeness (QED) is 0.827. The van der Waals surface area contributed by atoms with Gasteiger partial charge in [-0.25, -0.2) is 0 Å². The summed E-state index contributed by atoms with van der Waals surface area (Å²) in [4.78, 5) is 0. The van der Waals surface area contributed by atoms with Crippen molar-refractivity contribution in [2.75, 3.05) is 0 Å². The Morgan fingerprint density at radius 3 is 2.86 bits per heavy atom. The maximum absolute atomic E-state index is 4.60. The van der Waals surface area contributed by atoms with Crippen LogP contribution >= 0.6 is 11.8 Å². The first kappa shape index (κ1) is 14.7. The number of hydrogen-bond donors (Lipinski definition) is 1. The van der Waals surface area contributed by atoms with Gasteiger partial charge in [0.2, 0.25) is 0 Å². The molecule has 1 aromatic carbocycles. The van der Waals surface area contributed by atoms with Gasteiger partial charge in [0, 0.05) is 31.0 Å². The number of benzene rings is 1. The molecule has 1 aliphatic carbocycles. The largest absolute Gasteiger partial charge is 0.310 e. The van der Waals surface area contributed by atoms with Gasteiger partial charge < -0.3 is 5.32 Å². The molecule has 2 aromatic rings. The van der Waals surface area contributed by atoms with Gasteiger partial charge in [0.05, 0.1) is 10.7 Å². The molecule has 112 valence electrons. The molecule has 1 heterocycles. The topological polar surface area (TPSA) is 29.9 Å². The number of aryl methyl sites for hydroxylation is 3. The molecule has 3 nitrogen and oxygen atoms in total. The molecule has 1 aromatic heterocycles. The van der Waals surface area contributed by atoms with Crippen LogP contribution in [0.15, 0.2) is 29.3 Å². The lowest BCUT2D eigenvalue weighted by atomic mass is 10.2. The fourth-order valence-electron chi connectivity index (χ4n) is 2.55. The first-order valence-electron chi connectivity index (χ1n) is 7.57. The summed E-state index contributed by atoms with van der Waals surface area (Å²) in [6.45, 7) is 5.20. The van der Waals surface area contributed by atoms with Gasteiger partial charge in [0.1, 0.15) is 0 Å². The van der Waals surface area contributed by atoms with E-state index < -0.39 is 0 Å². The van der Waals surface area contributed by atoms with Gasteiger partial charge in [-0.3, -0.25) is 4.68 Å². The van der Waals surface area contributed by atoms with Gasteiger partial charge in [-0.2, -0.15) is 5.10 Å². The molecule has 21 heavy (non-hydrogen) atoms. The lowest BCUT2D eigenvalue weighted by Gasteiger charge is -2.08. The van der Waals surface area contributed by atoms with Crippen LogP contribution in [-0.2, 0) is 19.3 Å². The zero-order chi connectivity index (χ0) is 14.8. The fraction of sp³-hybridized carbons (Fsp3) is 0.471. The molecular weight excluding hydrogens is 278 g/mol. The highest BCUT2D eigenvalue weighted by atomic mass is 32.2. The minimum Gasteiger partial charge on any atom is -0.310 e. The van der Waals surface area contributed by atoms with Crippen LogP contribution in [0.1, 0.15) is 35.2 Å². The average molecular weight is 301 g/mol. The van der Waals surface area contributed by atoms with E-state index in [1.165, 1.54) is 34.6 Å². The van der Waals surface area contributed by atoms with E-state index in [1.54, 1.807) is 0 Å². The van der Waals surface area contributed by atoms with Gasteiger partial charge >= 0.3 is 0 Å². The Balaban J connectivity index is 1.71. The summed E-state index contributed by atoms with van der Waals surface area (Å²) in [5.74, 6) is 0.997. The third-order valence-electron chi connectivity index (χ3n) is 3.89. The molecule has 0 saturated heterocycles. The van der Waals surface area contributed by atoms with Crippen molar-refractivity contribution in [3.8, 4) is 0 Å². The van der Waals surface area contributed by atoms with Gasteiger partial charge in [0.25, 0.3) is 0 Å². The van der Waals surface area contributed by atoms with Gasteiger partial charge in [0.15, 0.2) is 0 Å². The zero-order valence-electron chi connectivity index (χ0n) is 13.0. The normalized spacial score (nSPS) is 14.6. The molecule has 0 unspecified atom stereocenters.